The first-order valence-corrected chi connectivity index (χ1v) is 13.1. The van der Waals surface area contributed by atoms with Gasteiger partial charge in [-0.1, -0.05) is 36.4 Å². The van der Waals surface area contributed by atoms with Crippen molar-refractivity contribution in [2.75, 3.05) is 0 Å². The fourth-order valence-corrected chi connectivity index (χ4v) is 3.86. The van der Waals surface area contributed by atoms with E-state index in [0.29, 0.717) is 34.7 Å². The van der Waals surface area contributed by atoms with Crippen molar-refractivity contribution in [2.45, 2.75) is 19.4 Å². The Kier molecular flexibility index (Phi) is 9.74. The SMILES string of the molecule is Cc1cc(Oc2ccccc2)cc(O)c1C=O.Cc1cc(Oc2ccccc2)cc(OS(=O)(=O)C(F)(F)F)c1C=O. The average molecular weight is 589 g/mol. The van der Waals surface area contributed by atoms with Gasteiger partial charge in [-0.3, -0.25) is 9.59 Å². The highest BCUT2D eigenvalue weighted by Crippen LogP contribution is 2.34. The van der Waals surface area contributed by atoms with Crippen LogP contribution >= 0.6 is 0 Å². The average Bonchev–Trinajstić information content (AvgIpc) is 2.89. The van der Waals surface area contributed by atoms with E-state index in [1.165, 1.54) is 19.1 Å². The van der Waals surface area contributed by atoms with E-state index in [4.69, 9.17) is 9.47 Å². The van der Waals surface area contributed by atoms with Crippen LogP contribution in [0.2, 0.25) is 0 Å². The van der Waals surface area contributed by atoms with E-state index in [9.17, 15) is 36.3 Å². The zero-order valence-corrected chi connectivity index (χ0v) is 22.4. The lowest BCUT2D eigenvalue weighted by Crippen LogP contribution is -2.28. The first-order chi connectivity index (χ1) is 19.3. The number of aryl methyl sites for hydroxylation is 2. The number of phenols is 1. The van der Waals surface area contributed by atoms with E-state index in [2.05, 4.69) is 4.18 Å². The van der Waals surface area contributed by atoms with E-state index in [0.717, 1.165) is 6.07 Å². The third-order valence-electron chi connectivity index (χ3n) is 5.34. The summed E-state index contributed by atoms with van der Waals surface area (Å²) in [6, 6.07) is 23.0. The molecule has 0 fully saturated rings. The minimum atomic E-state index is -5.90. The lowest BCUT2D eigenvalue weighted by molar-refractivity contribution is -0.0500. The predicted octanol–water partition coefficient (Wildman–Crippen LogP) is 7.13. The van der Waals surface area contributed by atoms with E-state index < -0.39 is 21.4 Å². The number of phenolic OH excluding ortho intramolecular Hbond substituents is 1. The second-order valence-corrected chi connectivity index (χ2v) is 9.91. The van der Waals surface area contributed by atoms with Gasteiger partial charge in [0.05, 0.1) is 11.1 Å². The zero-order valence-electron chi connectivity index (χ0n) is 21.6. The van der Waals surface area contributed by atoms with Gasteiger partial charge in [0.1, 0.15) is 28.7 Å². The van der Waals surface area contributed by atoms with Crippen LogP contribution in [0, 0.1) is 13.8 Å². The number of hydrogen-bond donors (Lipinski definition) is 1. The summed E-state index contributed by atoms with van der Waals surface area (Å²) >= 11 is 0. The molecule has 0 saturated carbocycles. The molecule has 1 N–H and O–H groups in total. The number of aromatic hydroxyl groups is 1. The molecular weight excluding hydrogens is 565 g/mol. The number of ether oxygens (including phenoxy) is 2. The van der Waals surface area contributed by atoms with Crippen LogP contribution in [0.3, 0.4) is 0 Å². The number of hydrogen-bond acceptors (Lipinski definition) is 8. The summed E-state index contributed by atoms with van der Waals surface area (Å²) in [5.74, 6) is 0.776. The molecule has 0 bridgehead atoms. The molecule has 0 aliphatic heterocycles. The number of alkyl halides is 3. The Bertz CT molecular complexity index is 1600. The largest absolute Gasteiger partial charge is 0.534 e. The van der Waals surface area contributed by atoms with Gasteiger partial charge in [0.2, 0.25) is 0 Å². The van der Waals surface area contributed by atoms with Crippen molar-refractivity contribution in [3.8, 4) is 34.5 Å². The quantitative estimate of drug-likeness (QED) is 0.131. The molecule has 12 heteroatoms. The molecule has 0 unspecified atom stereocenters. The maximum atomic E-state index is 12.5. The third kappa shape index (κ3) is 8.08. The molecule has 0 saturated heterocycles. The number of aldehydes is 2. The molecule has 0 atom stereocenters. The zero-order chi connectivity index (χ0) is 30.2. The van der Waals surface area contributed by atoms with Crippen LogP contribution in [0.5, 0.6) is 34.5 Å². The van der Waals surface area contributed by atoms with E-state index in [-0.39, 0.29) is 28.9 Å². The smallest absolute Gasteiger partial charge is 0.507 e. The molecule has 0 radical (unpaired) electrons. The fraction of sp³-hybridized carbons (Fsp3) is 0.103. The Hall–Kier alpha value is -4.84. The second-order valence-electron chi connectivity index (χ2n) is 8.37. The van der Waals surface area contributed by atoms with Gasteiger partial charge >= 0.3 is 15.6 Å². The molecule has 41 heavy (non-hydrogen) atoms. The molecule has 0 heterocycles. The monoisotopic (exact) mass is 588 g/mol. The molecule has 0 aliphatic rings. The van der Waals surface area contributed by atoms with Crippen molar-refractivity contribution < 1.29 is 49.9 Å². The van der Waals surface area contributed by atoms with Crippen LogP contribution in [0.4, 0.5) is 13.2 Å². The molecule has 4 rings (SSSR count). The van der Waals surface area contributed by atoms with Crippen molar-refractivity contribution in [3.63, 3.8) is 0 Å². The number of para-hydroxylation sites is 2. The van der Waals surface area contributed by atoms with Crippen LogP contribution in [0.15, 0.2) is 84.9 Å². The van der Waals surface area contributed by atoms with Gasteiger partial charge < -0.3 is 18.8 Å². The summed E-state index contributed by atoms with van der Waals surface area (Å²) in [7, 11) is -5.90. The van der Waals surface area contributed by atoms with Gasteiger partial charge in [-0.2, -0.15) is 21.6 Å². The molecule has 4 aromatic carbocycles. The normalized spacial score (nSPS) is 11.0. The van der Waals surface area contributed by atoms with Crippen molar-refractivity contribution in [1.29, 1.82) is 0 Å². The standard InChI is InChI=1S/C15H11F3O5S.C14H12O3/c1-10-7-12(22-11-5-3-2-4-6-11)8-14(13(10)9-19)23-24(20,21)15(16,17)18;1-10-7-12(8-14(16)13(10)9-15)17-11-5-3-2-4-6-11/h2-9H,1H3;2-9,16H,1H3. The van der Waals surface area contributed by atoms with Gasteiger partial charge in [0.25, 0.3) is 0 Å². The first kappa shape index (κ1) is 30.7. The summed E-state index contributed by atoms with van der Waals surface area (Å²) in [5.41, 5.74) is -4.75. The lowest BCUT2D eigenvalue weighted by atomic mass is 10.1. The van der Waals surface area contributed by atoms with Crippen LogP contribution in [-0.4, -0.2) is 31.6 Å². The summed E-state index contributed by atoms with van der Waals surface area (Å²) in [6.07, 6.45) is 0.847. The molecule has 0 aromatic heterocycles. The summed E-state index contributed by atoms with van der Waals surface area (Å²) in [4.78, 5) is 21.8. The van der Waals surface area contributed by atoms with Gasteiger partial charge in [-0.25, -0.2) is 0 Å². The number of benzene rings is 4. The number of halogens is 3. The van der Waals surface area contributed by atoms with Gasteiger partial charge in [-0.15, -0.1) is 0 Å². The highest BCUT2D eigenvalue weighted by atomic mass is 32.2. The Morgan fingerprint density at radius 3 is 1.54 bits per heavy atom. The molecule has 8 nitrogen and oxygen atoms in total. The summed E-state index contributed by atoms with van der Waals surface area (Å²) in [5, 5.41) is 9.64. The maximum Gasteiger partial charge on any atom is 0.534 e. The molecule has 214 valence electrons. The molecular formula is C29H23F3O8S. The van der Waals surface area contributed by atoms with Crippen molar-refractivity contribution >= 4 is 22.7 Å². The van der Waals surface area contributed by atoms with Crippen LogP contribution < -0.4 is 13.7 Å². The number of rotatable bonds is 8. The molecule has 0 spiro atoms. The number of carbonyl (C=O) groups excluding carboxylic acids is 2. The summed E-state index contributed by atoms with van der Waals surface area (Å²) in [6.45, 7) is 3.16. The predicted molar refractivity (Wildman–Crippen MR) is 143 cm³/mol. The van der Waals surface area contributed by atoms with Gasteiger partial charge in [-0.05, 0) is 61.4 Å². The van der Waals surface area contributed by atoms with E-state index in [1.807, 2.05) is 30.3 Å². The summed E-state index contributed by atoms with van der Waals surface area (Å²) < 4.78 is 74.8. The third-order valence-corrected chi connectivity index (χ3v) is 6.30. The molecule has 0 amide bonds. The topological polar surface area (TPSA) is 116 Å². The highest BCUT2D eigenvalue weighted by Gasteiger charge is 2.49. The minimum Gasteiger partial charge on any atom is -0.507 e. The first-order valence-electron chi connectivity index (χ1n) is 11.7. The Labute approximate surface area is 233 Å². The lowest BCUT2D eigenvalue weighted by Gasteiger charge is -2.14. The van der Waals surface area contributed by atoms with Crippen molar-refractivity contribution in [3.05, 3.63) is 107 Å². The van der Waals surface area contributed by atoms with E-state index >= 15 is 0 Å². The van der Waals surface area contributed by atoms with Crippen LogP contribution in [0.25, 0.3) is 0 Å². The highest BCUT2D eigenvalue weighted by molar-refractivity contribution is 7.88. The van der Waals surface area contributed by atoms with E-state index in [1.54, 1.807) is 43.3 Å². The Morgan fingerprint density at radius 1 is 0.683 bits per heavy atom. The van der Waals surface area contributed by atoms with Crippen LogP contribution in [0.1, 0.15) is 31.8 Å². The number of carbonyl (C=O) groups is 2. The second kappa shape index (κ2) is 13.0. The van der Waals surface area contributed by atoms with Crippen molar-refractivity contribution in [2.24, 2.45) is 0 Å². The minimum absolute atomic E-state index is 0.0247. The fourth-order valence-electron chi connectivity index (χ4n) is 3.39. The molecule has 4 aromatic rings. The van der Waals surface area contributed by atoms with Gasteiger partial charge in [0.15, 0.2) is 18.3 Å². The van der Waals surface area contributed by atoms with Crippen molar-refractivity contribution in [1.82, 2.24) is 0 Å². The van der Waals surface area contributed by atoms with Gasteiger partial charge in [0, 0.05) is 12.1 Å². The van der Waals surface area contributed by atoms with Crippen LogP contribution in [-0.2, 0) is 10.1 Å². The maximum absolute atomic E-state index is 12.5. The Morgan fingerprint density at radius 2 is 1.12 bits per heavy atom. The Balaban J connectivity index is 0.000000239. The molecule has 0 aliphatic carbocycles.